The molecule has 3 nitrogen and oxygen atoms in total. The fourth-order valence-corrected chi connectivity index (χ4v) is 2.71. The normalized spacial score (nSPS) is 24.1. The summed E-state index contributed by atoms with van der Waals surface area (Å²) in [5, 5.41) is 10.6. The second-order valence-corrected chi connectivity index (χ2v) is 6.53. The van der Waals surface area contributed by atoms with Crippen molar-refractivity contribution in [2.75, 3.05) is 13.1 Å². The van der Waals surface area contributed by atoms with Crippen LogP contribution in [0.25, 0.3) is 0 Å². The third kappa shape index (κ3) is 3.71. The predicted molar refractivity (Wildman–Crippen MR) is 79.5 cm³/mol. The first-order chi connectivity index (χ1) is 8.89. The number of benzene rings is 1. The Morgan fingerprint density at radius 3 is 2.84 bits per heavy atom. The minimum absolute atomic E-state index is 0.0212. The number of amides is 1. The van der Waals surface area contributed by atoms with E-state index in [1.807, 2.05) is 6.92 Å². The molecule has 0 bridgehead atoms. The molecule has 1 saturated heterocycles. The number of halogens is 2. The number of hydrogen-bond donors (Lipinski definition) is 1. The highest BCUT2D eigenvalue weighted by Gasteiger charge is 2.27. The molecule has 2 rings (SSSR count). The van der Waals surface area contributed by atoms with E-state index in [2.05, 4.69) is 15.9 Å². The molecule has 0 spiro atoms. The van der Waals surface area contributed by atoms with Crippen LogP contribution in [0, 0.1) is 0 Å². The molecule has 5 heteroatoms. The molecule has 1 fully saturated rings. The fraction of sp³-hybridized carbons (Fsp3) is 0.500. The Balaban J connectivity index is 2.13. The van der Waals surface area contributed by atoms with Crippen LogP contribution in [0.3, 0.4) is 0 Å². The molecular weight excluding hydrogens is 330 g/mol. The Kier molecular flexibility index (Phi) is 4.54. The quantitative estimate of drug-likeness (QED) is 0.846. The largest absolute Gasteiger partial charge is 0.390 e. The summed E-state index contributed by atoms with van der Waals surface area (Å²) in [5.74, 6) is -0.0212. The maximum Gasteiger partial charge on any atom is 0.253 e. The molecule has 1 heterocycles. The van der Waals surface area contributed by atoms with Gasteiger partial charge in [-0.3, -0.25) is 4.79 Å². The smallest absolute Gasteiger partial charge is 0.253 e. The Bertz CT molecular complexity index is 490. The Hall–Kier alpha value is -0.580. The van der Waals surface area contributed by atoms with Gasteiger partial charge in [-0.05, 0) is 60.3 Å². The van der Waals surface area contributed by atoms with Crippen molar-refractivity contribution in [1.82, 2.24) is 4.90 Å². The van der Waals surface area contributed by atoms with E-state index in [9.17, 15) is 9.90 Å². The Morgan fingerprint density at radius 2 is 2.16 bits per heavy atom. The first-order valence-electron chi connectivity index (χ1n) is 6.36. The molecule has 1 amide bonds. The van der Waals surface area contributed by atoms with Crippen LogP contribution in [0.4, 0.5) is 0 Å². The summed E-state index contributed by atoms with van der Waals surface area (Å²) in [6, 6.07) is 5.22. The van der Waals surface area contributed by atoms with Gasteiger partial charge >= 0.3 is 0 Å². The van der Waals surface area contributed by atoms with Crippen LogP contribution in [0.2, 0.25) is 5.02 Å². The molecule has 1 atom stereocenters. The minimum atomic E-state index is -0.660. The lowest BCUT2D eigenvalue weighted by atomic mass is 9.98. The minimum Gasteiger partial charge on any atom is -0.390 e. The van der Waals surface area contributed by atoms with Gasteiger partial charge in [-0.15, -0.1) is 0 Å². The van der Waals surface area contributed by atoms with E-state index in [1.165, 1.54) is 0 Å². The highest BCUT2D eigenvalue weighted by molar-refractivity contribution is 9.10. The van der Waals surface area contributed by atoms with Crippen molar-refractivity contribution in [3.8, 4) is 0 Å². The van der Waals surface area contributed by atoms with Gasteiger partial charge in [0.15, 0.2) is 0 Å². The molecule has 1 aromatic carbocycles. The standard InChI is InChI=1S/C14H17BrClNO2/c1-14(19)5-2-7-17(8-6-14)13(18)10-3-4-11(15)12(16)9-10/h3-4,9,19H,2,5-8H2,1H3. The Labute approximate surface area is 126 Å². The molecule has 0 radical (unpaired) electrons. The van der Waals surface area contributed by atoms with Crippen molar-refractivity contribution in [3.05, 3.63) is 33.3 Å². The topological polar surface area (TPSA) is 40.5 Å². The summed E-state index contributed by atoms with van der Waals surface area (Å²) in [5.41, 5.74) is -0.0680. The number of carbonyl (C=O) groups is 1. The number of nitrogens with zero attached hydrogens (tertiary/aromatic N) is 1. The van der Waals surface area contributed by atoms with Gasteiger partial charge in [0.1, 0.15) is 0 Å². The van der Waals surface area contributed by atoms with Gasteiger partial charge in [-0.1, -0.05) is 11.6 Å². The molecule has 0 aromatic heterocycles. The Morgan fingerprint density at radius 1 is 1.42 bits per heavy atom. The first kappa shape index (κ1) is 14.8. The fourth-order valence-electron chi connectivity index (χ4n) is 2.28. The molecule has 104 valence electrons. The van der Waals surface area contributed by atoms with Crippen LogP contribution in [0.1, 0.15) is 36.5 Å². The summed E-state index contributed by atoms with van der Waals surface area (Å²) in [7, 11) is 0. The average Bonchev–Trinajstić information content (AvgIpc) is 2.53. The number of carbonyl (C=O) groups excluding carboxylic acids is 1. The molecule has 1 N–H and O–H groups in total. The van der Waals surface area contributed by atoms with E-state index in [4.69, 9.17) is 11.6 Å². The SMILES string of the molecule is CC1(O)CCCN(C(=O)c2ccc(Br)c(Cl)c2)CC1. The van der Waals surface area contributed by atoms with E-state index in [0.29, 0.717) is 30.1 Å². The summed E-state index contributed by atoms with van der Waals surface area (Å²) < 4.78 is 0.782. The van der Waals surface area contributed by atoms with Crippen molar-refractivity contribution < 1.29 is 9.90 Å². The number of likely N-dealkylation sites (tertiary alicyclic amines) is 1. The molecule has 0 saturated carbocycles. The van der Waals surface area contributed by atoms with Crippen molar-refractivity contribution in [1.29, 1.82) is 0 Å². The predicted octanol–water partition coefficient (Wildman–Crippen LogP) is 3.48. The number of hydrogen-bond acceptors (Lipinski definition) is 2. The molecule has 1 aromatic rings. The second-order valence-electron chi connectivity index (χ2n) is 5.27. The van der Waals surface area contributed by atoms with Crippen LogP contribution in [-0.4, -0.2) is 34.6 Å². The zero-order chi connectivity index (χ0) is 14.0. The summed E-state index contributed by atoms with van der Waals surface area (Å²) >= 11 is 9.33. The van der Waals surface area contributed by atoms with Crippen LogP contribution >= 0.6 is 27.5 Å². The van der Waals surface area contributed by atoms with Gasteiger partial charge < -0.3 is 10.0 Å². The zero-order valence-electron chi connectivity index (χ0n) is 10.8. The summed E-state index contributed by atoms with van der Waals surface area (Å²) in [6.07, 6.45) is 2.17. The average molecular weight is 347 g/mol. The van der Waals surface area contributed by atoms with Crippen molar-refractivity contribution in [2.45, 2.75) is 31.8 Å². The maximum absolute atomic E-state index is 12.4. The molecule has 0 aliphatic carbocycles. The molecular formula is C14H17BrClNO2. The van der Waals surface area contributed by atoms with Crippen molar-refractivity contribution in [2.24, 2.45) is 0 Å². The van der Waals surface area contributed by atoms with Crippen LogP contribution in [0.5, 0.6) is 0 Å². The second kappa shape index (κ2) is 5.81. The van der Waals surface area contributed by atoms with E-state index >= 15 is 0 Å². The van der Waals surface area contributed by atoms with E-state index in [1.54, 1.807) is 23.1 Å². The van der Waals surface area contributed by atoms with E-state index in [-0.39, 0.29) is 5.91 Å². The summed E-state index contributed by atoms with van der Waals surface area (Å²) in [4.78, 5) is 14.2. The van der Waals surface area contributed by atoms with Crippen LogP contribution in [0.15, 0.2) is 22.7 Å². The molecule has 1 aliphatic rings. The van der Waals surface area contributed by atoms with E-state index < -0.39 is 5.60 Å². The number of aliphatic hydroxyl groups is 1. The lowest BCUT2D eigenvalue weighted by Gasteiger charge is -2.22. The lowest BCUT2D eigenvalue weighted by molar-refractivity contribution is 0.0438. The third-order valence-electron chi connectivity index (χ3n) is 3.52. The summed E-state index contributed by atoms with van der Waals surface area (Å²) in [6.45, 7) is 3.10. The van der Waals surface area contributed by atoms with Crippen molar-refractivity contribution >= 4 is 33.4 Å². The third-order valence-corrected chi connectivity index (χ3v) is 4.75. The zero-order valence-corrected chi connectivity index (χ0v) is 13.2. The van der Waals surface area contributed by atoms with E-state index in [0.717, 1.165) is 17.3 Å². The van der Waals surface area contributed by atoms with Gasteiger partial charge in [-0.25, -0.2) is 0 Å². The molecule has 19 heavy (non-hydrogen) atoms. The maximum atomic E-state index is 12.4. The van der Waals surface area contributed by atoms with Gasteiger partial charge in [0, 0.05) is 23.1 Å². The first-order valence-corrected chi connectivity index (χ1v) is 7.53. The van der Waals surface area contributed by atoms with Gasteiger partial charge in [0.05, 0.1) is 10.6 Å². The van der Waals surface area contributed by atoms with Crippen molar-refractivity contribution in [3.63, 3.8) is 0 Å². The van der Waals surface area contributed by atoms with Crippen LogP contribution in [-0.2, 0) is 0 Å². The monoisotopic (exact) mass is 345 g/mol. The molecule has 1 aliphatic heterocycles. The highest BCUT2D eigenvalue weighted by Crippen LogP contribution is 2.26. The lowest BCUT2D eigenvalue weighted by Crippen LogP contribution is -2.33. The van der Waals surface area contributed by atoms with Gasteiger partial charge in [-0.2, -0.15) is 0 Å². The van der Waals surface area contributed by atoms with Gasteiger partial charge in [0.2, 0.25) is 0 Å². The highest BCUT2D eigenvalue weighted by atomic mass is 79.9. The van der Waals surface area contributed by atoms with Gasteiger partial charge in [0.25, 0.3) is 5.91 Å². The number of rotatable bonds is 1. The van der Waals surface area contributed by atoms with Crippen LogP contribution < -0.4 is 0 Å². The molecule has 1 unspecified atom stereocenters.